The molecule has 2 fully saturated rings. The molecule has 9 heteroatoms. The number of hydrogen-bond acceptors (Lipinski definition) is 5. The van der Waals surface area contributed by atoms with Gasteiger partial charge in [-0.25, -0.2) is 0 Å². The summed E-state index contributed by atoms with van der Waals surface area (Å²) in [5.74, 6) is -1.00. The van der Waals surface area contributed by atoms with Gasteiger partial charge in [0.1, 0.15) is 11.9 Å². The summed E-state index contributed by atoms with van der Waals surface area (Å²) >= 11 is 0. The fourth-order valence-electron chi connectivity index (χ4n) is 4.47. The Bertz CT molecular complexity index is 835. The number of amidine groups is 1. The lowest BCUT2D eigenvalue weighted by atomic mass is 9.84. The Kier molecular flexibility index (Phi) is 8.21. The molecule has 6 N–H and O–H groups in total. The maximum atomic E-state index is 13.2. The number of nitrogens with two attached hydrogens (primary N) is 1. The summed E-state index contributed by atoms with van der Waals surface area (Å²) < 4.78 is 0. The first-order valence-corrected chi connectivity index (χ1v) is 11.3. The monoisotopic (exact) mass is 443 g/mol. The molecule has 1 aliphatic carbocycles. The molecule has 32 heavy (non-hydrogen) atoms. The van der Waals surface area contributed by atoms with Crippen molar-refractivity contribution in [1.82, 2.24) is 15.5 Å². The van der Waals surface area contributed by atoms with Crippen LogP contribution in [0.1, 0.15) is 56.1 Å². The number of rotatable bonds is 10. The maximum Gasteiger partial charge on any atom is 0.317 e. The average molecular weight is 444 g/mol. The number of likely N-dealkylation sites (tertiary alicyclic amines) is 1. The second-order valence-corrected chi connectivity index (χ2v) is 8.73. The lowest BCUT2D eigenvalue weighted by Gasteiger charge is -2.42. The first-order valence-electron chi connectivity index (χ1n) is 11.3. The molecule has 1 aromatic rings. The Morgan fingerprint density at radius 2 is 1.81 bits per heavy atom. The van der Waals surface area contributed by atoms with Gasteiger partial charge in [0.15, 0.2) is 0 Å². The minimum Gasteiger partial charge on any atom is -0.480 e. The second-order valence-electron chi connectivity index (χ2n) is 8.73. The zero-order chi connectivity index (χ0) is 23.1. The molecule has 2 amide bonds. The number of carbonyl (C=O) groups excluding carboxylic acids is 2. The van der Waals surface area contributed by atoms with Crippen LogP contribution in [0.15, 0.2) is 24.3 Å². The Labute approximate surface area is 188 Å². The van der Waals surface area contributed by atoms with Crippen LogP contribution < -0.4 is 16.4 Å². The van der Waals surface area contributed by atoms with Crippen LogP contribution in [0, 0.1) is 11.3 Å². The highest BCUT2D eigenvalue weighted by atomic mass is 16.4. The summed E-state index contributed by atoms with van der Waals surface area (Å²) in [6.45, 7) is 0.544. The highest BCUT2D eigenvalue weighted by Gasteiger charge is 2.40. The molecule has 1 saturated heterocycles. The third kappa shape index (κ3) is 6.29. The quantitative estimate of drug-likeness (QED) is 0.271. The van der Waals surface area contributed by atoms with E-state index in [4.69, 9.17) is 16.2 Å². The Hall–Kier alpha value is -2.94. The van der Waals surface area contributed by atoms with Crippen LogP contribution in [0.5, 0.6) is 0 Å². The van der Waals surface area contributed by atoms with Gasteiger partial charge in [0.2, 0.25) is 11.8 Å². The van der Waals surface area contributed by atoms with E-state index in [9.17, 15) is 14.4 Å². The minimum absolute atomic E-state index is 0.0107. The van der Waals surface area contributed by atoms with E-state index in [-0.39, 0.29) is 24.2 Å². The van der Waals surface area contributed by atoms with Crippen LogP contribution in [-0.2, 0) is 20.9 Å². The number of carboxylic acid groups (broad SMARTS) is 1. The summed E-state index contributed by atoms with van der Waals surface area (Å²) in [4.78, 5) is 38.5. The maximum absolute atomic E-state index is 13.2. The van der Waals surface area contributed by atoms with E-state index in [0.717, 1.165) is 31.2 Å². The Morgan fingerprint density at radius 3 is 2.38 bits per heavy atom. The molecule has 174 valence electrons. The van der Waals surface area contributed by atoms with Gasteiger partial charge in [-0.2, -0.15) is 0 Å². The molecular weight excluding hydrogens is 410 g/mol. The normalized spacial score (nSPS) is 19.6. The predicted molar refractivity (Wildman–Crippen MR) is 120 cm³/mol. The largest absolute Gasteiger partial charge is 0.480 e. The zero-order valence-corrected chi connectivity index (χ0v) is 18.3. The van der Waals surface area contributed by atoms with Crippen molar-refractivity contribution in [1.29, 1.82) is 5.41 Å². The van der Waals surface area contributed by atoms with Crippen molar-refractivity contribution >= 4 is 23.6 Å². The fourth-order valence-corrected chi connectivity index (χ4v) is 4.47. The Morgan fingerprint density at radius 1 is 1.12 bits per heavy atom. The molecule has 9 nitrogen and oxygen atoms in total. The molecule has 0 bridgehead atoms. The summed E-state index contributed by atoms with van der Waals surface area (Å²) in [6.07, 6.45) is 6.83. The first kappa shape index (κ1) is 23.7. The van der Waals surface area contributed by atoms with Gasteiger partial charge in [0, 0.05) is 18.7 Å². The summed E-state index contributed by atoms with van der Waals surface area (Å²) in [7, 11) is 0. The number of nitrogen functional groups attached to an aromatic ring is 1. The average Bonchev–Trinajstić information content (AvgIpc) is 2.75. The van der Waals surface area contributed by atoms with E-state index in [0.29, 0.717) is 37.4 Å². The van der Waals surface area contributed by atoms with Gasteiger partial charge in [-0.05, 0) is 24.3 Å². The highest BCUT2D eigenvalue weighted by molar-refractivity contribution is 5.95. The van der Waals surface area contributed by atoms with Crippen molar-refractivity contribution in [3.63, 3.8) is 0 Å². The van der Waals surface area contributed by atoms with Crippen LogP contribution in [0.25, 0.3) is 0 Å². The lowest BCUT2D eigenvalue weighted by molar-refractivity contribution is -0.149. The van der Waals surface area contributed by atoms with Crippen molar-refractivity contribution in [2.24, 2.45) is 11.7 Å². The number of carboxylic acids is 1. The summed E-state index contributed by atoms with van der Waals surface area (Å²) in [6, 6.07) is 5.95. The fraction of sp³-hybridized carbons (Fsp3) is 0.565. The van der Waals surface area contributed by atoms with Crippen molar-refractivity contribution in [3.05, 3.63) is 35.4 Å². The molecular formula is C23H33N5O4. The second kappa shape index (κ2) is 11.1. The SMILES string of the molecule is N=C(N)c1ccc(CNC(=O)[C@@H]2CCN2C(=O)[C@@H](CC2CCCCC2)NCC(=O)O)cc1. The molecule has 1 saturated carbocycles. The van der Waals surface area contributed by atoms with Gasteiger partial charge in [-0.3, -0.25) is 25.1 Å². The van der Waals surface area contributed by atoms with Crippen LogP contribution in [-0.4, -0.2) is 58.8 Å². The standard InChI is InChI=1S/C23H33N5O4/c24-21(25)17-8-6-16(7-9-17)13-27-22(31)19-10-11-28(19)23(32)18(26-14-20(29)30)12-15-4-2-1-3-5-15/h6-9,15,18-19,26H,1-5,10-14H2,(H3,24,25)(H,27,31)(H,29,30)/t18-,19+/m1/s1. The van der Waals surface area contributed by atoms with E-state index in [1.165, 1.54) is 6.42 Å². The molecule has 3 rings (SSSR count). The van der Waals surface area contributed by atoms with Crippen molar-refractivity contribution in [3.8, 4) is 0 Å². The van der Waals surface area contributed by atoms with Gasteiger partial charge >= 0.3 is 5.97 Å². The molecule has 2 atom stereocenters. The molecule has 0 aromatic heterocycles. The van der Waals surface area contributed by atoms with Crippen LogP contribution in [0.3, 0.4) is 0 Å². The Balaban J connectivity index is 1.56. The molecule has 1 aliphatic heterocycles. The molecule has 2 aliphatic rings. The number of hydrogen-bond donors (Lipinski definition) is 5. The smallest absolute Gasteiger partial charge is 0.317 e. The van der Waals surface area contributed by atoms with Gasteiger partial charge < -0.3 is 21.1 Å². The molecule has 0 unspecified atom stereocenters. The topological polar surface area (TPSA) is 149 Å². The number of amides is 2. The van der Waals surface area contributed by atoms with E-state index >= 15 is 0 Å². The third-order valence-corrected chi connectivity index (χ3v) is 6.43. The predicted octanol–water partition coefficient (Wildman–Crippen LogP) is 1.20. The summed E-state index contributed by atoms with van der Waals surface area (Å²) in [5.41, 5.74) is 6.95. The van der Waals surface area contributed by atoms with Crippen molar-refractivity contribution in [2.45, 2.75) is 63.6 Å². The summed E-state index contributed by atoms with van der Waals surface area (Å²) in [5, 5.41) is 22.3. The van der Waals surface area contributed by atoms with E-state index in [2.05, 4.69) is 10.6 Å². The van der Waals surface area contributed by atoms with E-state index in [1.807, 2.05) is 0 Å². The number of nitrogens with one attached hydrogen (secondary N) is 3. The van der Waals surface area contributed by atoms with Gasteiger partial charge in [0.05, 0.1) is 12.6 Å². The first-order chi connectivity index (χ1) is 15.3. The van der Waals surface area contributed by atoms with Crippen LogP contribution in [0.4, 0.5) is 0 Å². The van der Waals surface area contributed by atoms with E-state index < -0.39 is 18.1 Å². The zero-order valence-electron chi connectivity index (χ0n) is 18.3. The number of benzene rings is 1. The van der Waals surface area contributed by atoms with Crippen molar-refractivity contribution in [2.75, 3.05) is 13.1 Å². The number of aliphatic carboxylic acids is 1. The number of nitrogens with zero attached hydrogens (tertiary/aromatic N) is 1. The molecule has 1 aromatic carbocycles. The van der Waals surface area contributed by atoms with Gasteiger partial charge in [-0.1, -0.05) is 56.4 Å². The molecule has 0 spiro atoms. The van der Waals surface area contributed by atoms with Gasteiger partial charge in [-0.15, -0.1) is 0 Å². The van der Waals surface area contributed by atoms with E-state index in [1.54, 1.807) is 29.2 Å². The van der Waals surface area contributed by atoms with Crippen LogP contribution >= 0.6 is 0 Å². The highest BCUT2D eigenvalue weighted by Crippen LogP contribution is 2.29. The molecule has 0 radical (unpaired) electrons. The van der Waals surface area contributed by atoms with Crippen molar-refractivity contribution < 1.29 is 19.5 Å². The number of carbonyl (C=O) groups is 3. The van der Waals surface area contributed by atoms with Gasteiger partial charge in [0.25, 0.3) is 0 Å². The minimum atomic E-state index is -1.000. The third-order valence-electron chi connectivity index (χ3n) is 6.43. The lowest BCUT2D eigenvalue weighted by Crippen LogP contribution is -2.62. The van der Waals surface area contributed by atoms with Crippen LogP contribution in [0.2, 0.25) is 0 Å². The molecule has 1 heterocycles.